The predicted octanol–water partition coefficient (Wildman–Crippen LogP) is -9.10. The van der Waals surface area contributed by atoms with Crippen molar-refractivity contribution in [3.63, 3.8) is 0 Å². The van der Waals surface area contributed by atoms with E-state index in [4.69, 9.17) is 138 Å². The van der Waals surface area contributed by atoms with Crippen molar-refractivity contribution < 1.29 is 258 Å². The van der Waals surface area contributed by atoms with Gasteiger partial charge >= 0.3 is 59.1 Å². The SMILES string of the molecule is C=CCOC1OC(C[S-](=C)=C=O)C(OC)C(OC)C1OC.C=[S-](=C=O)CC1OC(OCC(=COC)OC)C(OC)C(OC)C1OC.C=[S-](=C=O)CC1OC(OCC(O)=CO)C(OC)C(OC)C1OC.COC=C(COC1OC(CS(=O)(=O)[O-])C(O)C(O)C1O)OC.COC=C(COC1OC(CS(=O)(=O)[O-])C(OC)C(OC)C1OC)OC.[Na+].[Na+]. The number of aliphatic hydroxyl groups is 5. The van der Waals surface area contributed by atoms with Crippen LogP contribution in [0.15, 0.2) is 60.7 Å². The standard InChI is InChI=1S/C16H27O8S.C14H26O10S.C14H23O8S.C14H23O6S.C11H20O10S.2Na/c1-18-7-11(19-2)8-23-16-15(22-5)14(21-4)13(20-3)12(24-16)9-25(6)10-17;1-18-6-9(19-2)7-23-14-13(22-5)12(21-4)11(20-3)10(24-14)8-25(15,16)17;1-18-11-10(7-23(4)8-16)22-14(21-6-9(17)5-15)13(20-3)12(11)19-2;1-6-7-19-14-13(18-4)12(17-3)11(16-2)10(20-14)8-21(5)9-15;1-18-3-6(19-2)4-20-11-10(14)9(13)8(12)7(21-11)5-22(15,16)17;;/h7,12-16H,6,8-9H2,1-5H3;6,10-14H,7-8H2,1-5H3,(H,15,16,17);5,10-15,17H,4,6-7H2,1-3H3;6,10-14H,1,5,7-8H2,2-4H3;3,7-14H,4-5H2,1-2H3,(H,15,16,17);;/q-1;;2*-1;;2*+1/p-2. The molecule has 5 N–H and O–H groups in total. The Kier molecular flexibility index (Phi) is 63.8. The largest absolute Gasteiger partial charge is 1.00 e. The molecule has 0 aromatic carbocycles. The van der Waals surface area contributed by atoms with Gasteiger partial charge in [0.05, 0.1) is 99.3 Å². The zero-order valence-corrected chi connectivity index (χ0v) is 78.2. The maximum absolute atomic E-state index is 11.2. The molecule has 25 unspecified atom stereocenters. The Labute approximate surface area is 739 Å². The van der Waals surface area contributed by atoms with Gasteiger partial charge < -0.3 is 197 Å². The van der Waals surface area contributed by atoms with E-state index in [0.717, 1.165) is 0 Å². The van der Waals surface area contributed by atoms with Gasteiger partial charge in [0.1, 0.15) is 155 Å². The normalized spacial score (nSPS) is 31.3. The van der Waals surface area contributed by atoms with Gasteiger partial charge in [-0.25, -0.2) is 34.4 Å². The van der Waals surface area contributed by atoms with Crippen molar-refractivity contribution in [3.05, 3.63) is 60.7 Å². The van der Waals surface area contributed by atoms with Gasteiger partial charge in [0.2, 0.25) is 0 Å². The van der Waals surface area contributed by atoms with Crippen LogP contribution in [0.25, 0.3) is 0 Å². The van der Waals surface area contributed by atoms with E-state index in [1.54, 1.807) is 41.6 Å². The summed E-state index contributed by atoms with van der Waals surface area (Å²) in [6.45, 7) is 3.54. The summed E-state index contributed by atoms with van der Waals surface area (Å²) in [5, 5.41) is 52.7. The molecule has 42 nitrogen and oxygen atoms in total. The number of aliphatic hydroxyl groups excluding tert-OH is 5. The van der Waals surface area contributed by atoms with E-state index in [-0.39, 0.29) is 115 Å². The number of hydrogen-bond donors (Lipinski definition) is 5. The molecule has 0 radical (unpaired) electrons. The molecule has 5 saturated heterocycles. The Morgan fingerprint density at radius 2 is 0.636 bits per heavy atom. The molecule has 118 heavy (non-hydrogen) atoms. The monoisotopic (exact) mass is 1820 g/mol. The fourth-order valence-electron chi connectivity index (χ4n) is 11.8. The quantitative estimate of drug-likeness (QED) is 0.00945. The molecule has 25 atom stereocenters. The first-order valence-electron chi connectivity index (χ1n) is 34.4. The third-order valence-corrected chi connectivity index (χ3v) is 21.5. The van der Waals surface area contributed by atoms with Crippen LogP contribution in [-0.2, 0) is 197 Å². The van der Waals surface area contributed by atoms with Gasteiger partial charge in [-0.1, -0.05) is 23.3 Å². The molecule has 5 aliphatic heterocycles. The van der Waals surface area contributed by atoms with Crippen molar-refractivity contribution in [2.45, 2.75) is 154 Å². The predicted molar refractivity (Wildman–Crippen MR) is 415 cm³/mol. The van der Waals surface area contributed by atoms with E-state index in [1.165, 1.54) is 111 Å². The maximum atomic E-state index is 11.2. The average Bonchev–Trinajstić information content (AvgIpc) is 0.814. The molecule has 5 fully saturated rings. The topological polar surface area (TPSA) is 525 Å². The van der Waals surface area contributed by atoms with Crippen molar-refractivity contribution in [1.29, 1.82) is 0 Å². The number of carbonyl (C=O) groups excluding carboxylic acids is 3. The van der Waals surface area contributed by atoms with E-state index in [1.807, 2.05) is 15.7 Å². The average molecular weight is 1820 g/mol. The van der Waals surface area contributed by atoms with Gasteiger partial charge in [-0.05, 0) is 15.7 Å². The summed E-state index contributed by atoms with van der Waals surface area (Å²) in [6.07, 6.45) is -14.1. The third-order valence-electron chi connectivity index (χ3n) is 17.1. The van der Waals surface area contributed by atoms with Crippen LogP contribution in [0.3, 0.4) is 0 Å². The van der Waals surface area contributed by atoms with Crippen molar-refractivity contribution in [3.8, 4) is 0 Å². The van der Waals surface area contributed by atoms with Gasteiger partial charge in [0, 0.05) is 85.3 Å². The van der Waals surface area contributed by atoms with E-state index >= 15 is 0 Å². The second-order valence-electron chi connectivity index (χ2n) is 24.3. The summed E-state index contributed by atoms with van der Waals surface area (Å²) < 4.78 is 217. The molecule has 0 aliphatic carbocycles. The summed E-state index contributed by atoms with van der Waals surface area (Å²) >= 11 is 0. The summed E-state index contributed by atoms with van der Waals surface area (Å²) in [5.74, 6) is 11.1. The fourth-order valence-corrected chi connectivity index (χ4v) is 15.3. The molecule has 49 heteroatoms. The summed E-state index contributed by atoms with van der Waals surface area (Å²) in [5.41, 5.74) is 0. The second-order valence-corrected chi connectivity index (χ2v) is 31.7. The molecule has 0 aromatic rings. The summed E-state index contributed by atoms with van der Waals surface area (Å²) in [6, 6.07) is 0. The van der Waals surface area contributed by atoms with Crippen molar-refractivity contribution >= 4 is 83.8 Å². The number of hydrogen-bond acceptors (Lipinski definition) is 45. The smallest absolute Gasteiger partial charge is 0.748 e. The van der Waals surface area contributed by atoms with Crippen LogP contribution in [0.4, 0.5) is 0 Å². The second kappa shape index (κ2) is 64.1. The molecule has 680 valence electrons. The van der Waals surface area contributed by atoms with Crippen LogP contribution in [-0.4, -0.2) is 428 Å². The summed E-state index contributed by atoms with van der Waals surface area (Å²) in [7, 11) is 14.9. The minimum Gasteiger partial charge on any atom is -0.748 e. The minimum atomic E-state index is -4.70. The zero-order chi connectivity index (χ0) is 88.0. The van der Waals surface area contributed by atoms with Crippen LogP contribution < -0.4 is 59.1 Å². The number of methoxy groups -OCH3 is 18. The fraction of sp³-hybridized carbons (Fsp3) is 0.768. The maximum Gasteiger partial charge on any atom is 1.00 e. The van der Waals surface area contributed by atoms with Crippen LogP contribution in [0.5, 0.6) is 0 Å². The molecular formula is C69H117Na2O42S5-3. The molecule has 0 amide bonds. The Morgan fingerprint density at radius 3 is 0.890 bits per heavy atom. The Hall–Kier alpha value is -2.68. The van der Waals surface area contributed by atoms with E-state index in [2.05, 4.69) is 24.2 Å². The first kappa shape index (κ1) is 117. The Balaban J connectivity index is 0. The van der Waals surface area contributed by atoms with Gasteiger partial charge in [-0.2, -0.15) is 0 Å². The van der Waals surface area contributed by atoms with E-state index < -0.39 is 197 Å². The molecular weight excluding hydrogens is 1710 g/mol. The van der Waals surface area contributed by atoms with Gasteiger partial charge in [-0.3, -0.25) is 14.4 Å². The molecule has 5 rings (SSSR count). The molecule has 0 aromatic heterocycles. The third kappa shape index (κ3) is 39.5. The zero-order valence-electron chi connectivity index (χ0n) is 70.1. The molecule has 5 heterocycles. The van der Waals surface area contributed by atoms with Crippen LogP contribution in [0.1, 0.15) is 0 Å². The van der Waals surface area contributed by atoms with E-state index in [9.17, 15) is 60.8 Å². The number of rotatable bonds is 43. The first-order valence-corrected chi connectivity index (χ1v) is 42.2. The van der Waals surface area contributed by atoms with E-state index in [0.29, 0.717) is 41.6 Å². The van der Waals surface area contributed by atoms with Crippen molar-refractivity contribution in [2.75, 3.05) is 190 Å². The Morgan fingerprint density at radius 1 is 0.381 bits per heavy atom. The molecule has 0 saturated carbocycles. The molecule has 0 bridgehead atoms. The van der Waals surface area contributed by atoms with Gasteiger partial charge in [0.25, 0.3) is 0 Å². The van der Waals surface area contributed by atoms with Crippen LogP contribution >= 0.6 is 0 Å². The van der Waals surface area contributed by atoms with Crippen molar-refractivity contribution in [2.24, 2.45) is 0 Å². The minimum absolute atomic E-state index is 0. The van der Waals surface area contributed by atoms with Crippen molar-refractivity contribution in [1.82, 2.24) is 0 Å². The van der Waals surface area contributed by atoms with Gasteiger partial charge in [0.15, 0.2) is 54.5 Å². The van der Waals surface area contributed by atoms with Crippen LogP contribution in [0.2, 0.25) is 0 Å². The number of ether oxygens (including phenoxy) is 28. The Bertz CT molecular complexity index is 3420. The summed E-state index contributed by atoms with van der Waals surface area (Å²) in [4.78, 5) is 32.3. The first-order chi connectivity index (χ1) is 55.2. The molecule has 0 spiro atoms. The van der Waals surface area contributed by atoms with Gasteiger partial charge in [-0.15, -0.1) is 6.58 Å². The van der Waals surface area contributed by atoms with Crippen LogP contribution in [0, 0.1) is 0 Å². The molecule has 5 aliphatic rings.